The second kappa shape index (κ2) is 6.43. The average molecular weight is 363 g/mol. The van der Waals surface area contributed by atoms with E-state index in [4.69, 9.17) is 10.5 Å². The SMILES string of the molecule is COCC1CCCN(S(=O)(=O)c2ccc(N)c(Br)c2)C1. The number of nitrogens with zero attached hydrogens (tertiary/aromatic N) is 1. The Bertz CT molecular complexity index is 575. The molecule has 0 aliphatic carbocycles. The van der Waals surface area contributed by atoms with Gasteiger partial charge in [-0.1, -0.05) is 0 Å². The zero-order chi connectivity index (χ0) is 14.8. The van der Waals surface area contributed by atoms with E-state index >= 15 is 0 Å². The van der Waals surface area contributed by atoms with Crippen molar-refractivity contribution in [2.45, 2.75) is 17.7 Å². The number of nitrogens with two attached hydrogens (primary N) is 1. The van der Waals surface area contributed by atoms with E-state index in [1.54, 1.807) is 25.3 Å². The number of ether oxygens (including phenoxy) is 1. The smallest absolute Gasteiger partial charge is 0.243 e. The van der Waals surface area contributed by atoms with E-state index < -0.39 is 10.0 Å². The van der Waals surface area contributed by atoms with Gasteiger partial charge in [0.25, 0.3) is 0 Å². The Balaban J connectivity index is 2.23. The first-order valence-corrected chi connectivity index (χ1v) is 8.72. The molecule has 1 aliphatic rings. The van der Waals surface area contributed by atoms with Crippen LogP contribution < -0.4 is 5.73 Å². The van der Waals surface area contributed by atoms with Crippen molar-refractivity contribution in [1.29, 1.82) is 0 Å². The van der Waals surface area contributed by atoms with Crippen molar-refractivity contribution in [2.75, 3.05) is 32.5 Å². The van der Waals surface area contributed by atoms with Crippen molar-refractivity contribution in [3.63, 3.8) is 0 Å². The maximum atomic E-state index is 12.6. The van der Waals surface area contributed by atoms with E-state index in [2.05, 4.69) is 15.9 Å². The highest BCUT2D eigenvalue weighted by atomic mass is 79.9. The molecule has 0 aromatic heterocycles. The minimum atomic E-state index is -3.46. The fourth-order valence-corrected chi connectivity index (χ4v) is 4.55. The van der Waals surface area contributed by atoms with Gasteiger partial charge in [-0.05, 0) is 52.9 Å². The molecule has 0 amide bonds. The maximum Gasteiger partial charge on any atom is 0.243 e. The molecule has 1 atom stereocenters. The molecule has 2 rings (SSSR count). The molecule has 1 aliphatic heterocycles. The largest absolute Gasteiger partial charge is 0.398 e. The van der Waals surface area contributed by atoms with Crippen LogP contribution in [0.25, 0.3) is 0 Å². The molecule has 0 bridgehead atoms. The fraction of sp³-hybridized carbons (Fsp3) is 0.538. The lowest BCUT2D eigenvalue weighted by Gasteiger charge is -2.31. The first-order chi connectivity index (χ1) is 9.45. The van der Waals surface area contributed by atoms with Crippen molar-refractivity contribution >= 4 is 31.6 Å². The predicted octanol–water partition coefficient (Wildman–Crippen LogP) is 2.08. The van der Waals surface area contributed by atoms with Crippen LogP contribution in [0.15, 0.2) is 27.6 Å². The molecule has 20 heavy (non-hydrogen) atoms. The summed E-state index contributed by atoms with van der Waals surface area (Å²) in [5, 5.41) is 0. The van der Waals surface area contributed by atoms with Gasteiger partial charge in [-0.3, -0.25) is 0 Å². The maximum absolute atomic E-state index is 12.6. The third kappa shape index (κ3) is 3.33. The molecule has 1 saturated heterocycles. The number of methoxy groups -OCH3 is 1. The van der Waals surface area contributed by atoms with Crippen LogP contribution >= 0.6 is 15.9 Å². The Morgan fingerprint density at radius 3 is 2.90 bits per heavy atom. The highest BCUT2D eigenvalue weighted by Crippen LogP contribution is 2.28. The molecule has 1 aromatic rings. The summed E-state index contributed by atoms with van der Waals surface area (Å²) in [5.41, 5.74) is 6.23. The van der Waals surface area contributed by atoms with E-state index in [1.165, 1.54) is 4.31 Å². The van der Waals surface area contributed by atoms with Gasteiger partial charge in [-0.2, -0.15) is 4.31 Å². The van der Waals surface area contributed by atoms with Gasteiger partial charge in [0.1, 0.15) is 0 Å². The molecule has 1 heterocycles. The van der Waals surface area contributed by atoms with Crippen molar-refractivity contribution < 1.29 is 13.2 Å². The third-order valence-electron chi connectivity index (χ3n) is 3.49. The van der Waals surface area contributed by atoms with Gasteiger partial charge in [0.05, 0.1) is 11.5 Å². The molecular formula is C13H19BrN2O3S. The molecule has 112 valence electrons. The monoisotopic (exact) mass is 362 g/mol. The van der Waals surface area contributed by atoms with Crippen LogP contribution in [0.4, 0.5) is 5.69 Å². The first kappa shape index (κ1) is 15.8. The molecule has 2 N–H and O–H groups in total. The summed E-state index contributed by atoms with van der Waals surface area (Å²) in [5.74, 6) is 0.265. The standard InChI is InChI=1S/C13H19BrN2O3S/c1-19-9-10-3-2-6-16(8-10)20(17,18)11-4-5-13(15)12(14)7-11/h4-5,7,10H,2-3,6,8-9,15H2,1H3. The quantitative estimate of drug-likeness (QED) is 0.832. The Kier molecular flexibility index (Phi) is 5.06. The molecule has 1 unspecified atom stereocenters. The van der Waals surface area contributed by atoms with Gasteiger partial charge in [-0.15, -0.1) is 0 Å². The number of nitrogen functional groups attached to an aromatic ring is 1. The topological polar surface area (TPSA) is 72.6 Å². The number of anilines is 1. The summed E-state index contributed by atoms with van der Waals surface area (Å²) in [6, 6.07) is 4.72. The molecule has 5 nitrogen and oxygen atoms in total. The molecular weight excluding hydrogens is 344 g/mol. The summed E-state index contributed by atoms with van der Waals surface area (Å²) in [6.45, 7) is 1.67. The molecule has 1 aromatic carbocycles. The van der Waals surface area contributed by atoms with E-state index in [-0.39, 0.29) is 10.8 Å². The summed E-state index contributed by atoms with van der Waals surface area (Å²) in [6.07, 6.45) is 1.87. The summed E-state index contributed by atoms with van der Waals surface area (Å²) < 4.78 is 32.5. The zero-order valence-corrected chi connectivity index (χ0v) is 13.8. The Hall–Kier alpha value is -0.630. The Labute approximate surface area is 128 Å². The fourth-order valence-electron chi connectivity index (χ4n) is 2.43. The van der Waals surface area contributed by atoms with Crippen LogP contribution in [-0.2, 0) is 14.8 Å². The average Bonchev–Trinajstić information content (AvgIpc) is 2.42. The summed E-state index contributed by atoms with van der Waals surface area (Å²) >= 11 is 3.27. The van der Waals surface area contributed by atoms with Crippen molar-refractivity contribution in [1.82, 2.24) is 4.31 Å². The van der Waals surface area contributed by atoms with Crippen LogP contribution in [-0.4, -0.2) is 39.5 Å². The minimum Gasteiger partial charge on any atom is -0.398 e. The van der Waals surface area contributed by atoms with Gasteiger partial charge in [-0.25, -0.2) is 8.42 Å². The van der Waals surface area contributed by atoms with Crippen molar-refractivity contribution in [3.8, 4) is 0 Å². The first-order valence-electron chi connectivity index (χ1n) is 6.49. The van der Waals surface area contributed by atoms with Gasteiger partial charge < -0.3 is 10.5 Å². The number of piperidine rings is 1. The summed E-state index contributed by atoms with van der Waals surface area (Å²) in [7, 11) is -1.82. The van der Waals surface area contributed by atoms with E-state index in [9.17, 15) is 8.42 Å². The number of hydrogen-bond acceptors (Lipinski definition) is 4. The van der Waals surface area contributed by atoms with Crippen LogP contribution in [0.1, 0.15) is 12.8 Å². The number of sulfonamides is 1. The predicted molar refractivity (Wildman–Crippen MR) is 81.9 cm³/mol. The normalized spacial score (nSPS) is 21.0. The lowest BCUT2D eigenvalue weighted by Crippen LogP contribution is -2.41. The highest BCUT2D eigenvalue weighted by molar-refractivity contribution is 9.10. The van der Waals surface area contributed by atoms with E-state index in [0.29, 0.717) is 29.9 Å². The third-order valence-corrected chi connectivity index (χ3v) is 6.04. The second-order valence-electron chi connectivity index (χ2n) is 5.01. The van der Waals surface area contributed by atoms with Gasteiger partial charge in [0, 0.05) is 30.4 Å². The van der Waals surface area contributed by atoms with Crippen molar-refractivity contribution in [2.24, 2.45) is 5.92 Å². The van der Waals surface area contributed by atoms with Crippen LogP contribution in [0, 0.1) is 5.92 Å². The number of rotatable bonds is 4. The number of benzene rings is 1. The highest BCUT2D eigenvalue weighted by Gasteiger charge is 2.30. The molecule has 0 saturated carbocycles. The van der Waals surface area contributed by atoms with Crippen LogP contribution in [0.3, 0.4) is 0 Å². The van der Waals surface area contributed by atoms with Crippen LogP contribution in [0.5, 0.6) is 0 Å². The van der Waals surface area contributed by atoms with Gasteiger partial charge >= 0.3 is 0 Å². The van der Waals surface area contributed by atoms with E-state index in [0.717, 1.165) is 12.8 Å². The Morgan fingerprint density at radius 2 is 2.25 bits per heavy atom. The van der Waals surface area contributed by atoms with Crippen LogP contribution in [0.2, 0.25) is 0 Å². The Morgan fingerprint density at radius 1 is 1.50 bits per heavy atom. The van der Waals surface area contributed by atoms with Crippen molar-refractivity contribution in [3.05, 3.63) is 22.7 Å². The van der Waals surface area contributed by atoms with Gasteiger partial charge in [0.2, 0.25) is 10.0 Å². The zero-order valence-electron chi connectivity index (χ0n) is 11.4. The lowest BCUT2D eigenvalue weighted by atomic mass is 10.0. The lowest BCUT2D eigenvalue weighted by molar-refractivity contribution is 0.118. The molecule has 0 spiro atoms. The van der Waals surface area contributed by atoms with Gasteiger partial charge in [0.15, 0.2) is 0 Å². The summed E-state index contributed by atoms with van der Waals surface area (Å²) in [4.78, 5) is 0.275. The second-order valence-corrected chi connectivity index (χ2v) is 7.80. The molecule has 7 heteroatoms. The van der Waals surface area contributed by atoms with E-state index in [1.807, 2.05) is 0 Å². The minimum absolute atomic E-state index is 0.265. The molecule has 0 radical (unpaired) electrons. The number of halogens is 1. The number of hydrogen-bond donors (Lipinski definition) is 1. The molecule has 1 fully saturated rings.